The third-order valence-corrected chi connectivity index (χ3v) is 2.58. The van der Waals surface area contributed by atoms with Crippen LogP contribution in [0.5, 0.6) is 23.0 Å². The maximum atomic E-state index is 10.6. The quantitative estimate of drug-likeness (QED) is 0.772. The molecule has 0 bridgehead atoms. The molecule has 0 unspecified atom stereocenters. The van der Waals surface area contributed by atoms with Crippen LogP contribution in [0.15, 0.2) is 42.5 Å². The molecule has 0 saturated carbocycles. The number of rotatable bonds is 5. The number of ether oxygens (including phenoxy) is 3. The Morgan fingerprint density at radius 3 is 1.79 bits per heavy atom. The van der Waals surface area contributed by atoms with E-state index in [-0.39, 0.29) is 0 Å². The van der Waals surface area contributed by atoms with Crippen molar-refractivity contribution >= 4 is 6.29 Å². The molecule has 4 nitrogen and oxygen atoms in total. The lowest BCUT2D eigenvalue weighted by molar-refractivity contribution is 0.112. The van der Waals surface area contributed by atoms with Crippen molar-refractivity contribution in [1.29, 1.82) is 0 Å². The minimum Gasteiger partial charge on any atom is -0.496 e. The molecule has 0 N–H and O–H groups in total. The van der Waals surface area contributed by atoms with E-state index in [9.17, 15) is 4.79 Å². The number of carbonyl (C=O) groups excluding carboxylic acids is 1. The second-order valence-electron chi connectivity index (χ2n) is 3.84. The lowest BCUT2D eigenvalue weighted by atomic mass is 10.2. The Morgan fingerprint density at radius 2 is 1.32 bits per heavy atom. The summed E-state index contributed by atoms with van der Waals surface area (Å²) in [5.41, 5.74) is 0.607. The van der Waals surface area contributed by atoms with Crippen LogP contribution in [0.2, 0.25) is 0 Å². The predicted octanol–water partition coefficient (Wildman–Crippen LogP) is 3.31. The van der Waals surface area contributed by atoms with Gasteiger partial charge in [0.25, 0.3) is 0 Å². The fraction of sp³-hybridized carbons (Fsp3) is 0.133. The summed E-state index contributed by atoms with van der Waals surface area (Å²) in [6, 6.07) is 12.1. The van der Waals surface area contributed by atoms with Crippen LogP contribution in [0, 0.1) is 0 Å². The van der Waals surface area contributed by atoms with Crippen LogP contribution in [0.1, 0.15) is 10.4 Å². The number of carbonyl (C=O) groups is 1. The molecule has 0 aliphatic carbocycles. The summed E-state index contributed by atoms with van der Waals surface area (Å²) in [5, 5.41) is 0. The highest BCUT2D eigenvalue weighted by atomic mass is 16.5. The van der Waals surface area contributed by atoms with Crippen LogP contribution in [-0.4, -0.2) is 20.5 Å². The van der Waals surface area contributed by atoms with Crippen molar-refractivity contribution < 1.29 is 19.0 Å². The number of aldehydes is 1. The molecule has 19 heavy (non-hydrogen) atoms. The molecular weight excluding hydrogens is 244 g/mol. The van der Waals surface area contributed by atoms with Gasteiger partial charge in [-0.25, -0.2) is 0 Å². The average molecular weight is 258 g/mol. The van der Waals surface area contributed by atoms with Gasteiger partial charge < -0.3 is 14.2 Å². The maximum absolute atomic E-state index is 10.6. The van der Waals surface area contributed by atoms with E-state index in [1.54, 1.807) is 56.7 Å². The number of hydrogen-bond acceptors (Lipinski definition) is 4. The first kappa shape index (κ1) is 13.0. The maximum Gasteiger partial charge on any atom is 0.150 e. The molecule has 2 aromatic rings. The van der Waals surface area contributed by atoms with E-state index < -0.39 is 0 Å². The highest BCUT2D eigenvalue weighted by Crippen LogP contribution is 2.30. The van der Waals surface area contributed by atoms with Gasteiger partial charge in [0.2, 0.25) is 0 Å². The SMILES string of the molecule is COc1cc(OC)cc(Oc2ccc(C=O)cc2)c1. The molecule has 0 aromatic heterocycles. The summed E-state index contributed by atoms with van der Waals surface area (Å²) < 4.78 is 16.0. The molecule has 0 amide bonds. The van der Waals surface area contributed by atoms with Crippen molar-refractivity contribution in [3.05, 3.63) is 48.0 Å². The first-order valence-electron chi connectivity index (χ1n) is 5.71. The zero-order valence-corrected chi connectivity index (χ0v) is 10.8. The molecule has 0 atom stereocenters. The van der Waals surface area contributed by atoms with Gasteiger partial charge in [-0.15, -0.1) is 0 Å². The summed E-state index contributed by atoms with van der Waals surface area (Å²) >= 11 is 0. The second kappa shape index (κ2) is 5.91. The molecular formula is C15H14O4. The molecule has 0 fully saturated rings. The summed E-state index contributed by atoms with van der Waals surface area (Å²) in [4.78, 5) is 10.6. The largest absolute Gasteiger partial charge is 0.496 e. The highest BCUT2D eigenvalue weighted by Gasteiger charge is 2.04. The smallest absolute Gasteiger partial charge is 0.150 e. The monoisotopic (exact) mass is 258 g/mol. The van der Waals surface area contributed by atoms with Crippen LogP contribution >= 0.6 is 0 Å². The highest BCUT2D eigenvalue weighted by molar-refractivity contribution is 5.74. The van der Waals surface area contributed by atoms with Crippen LogP contribution in [0.4, 0.5) is 0 Å². The van der Waals surface area contributed by atoms with E-state index in [2.05, 4.69) is 0 Å². The predicted molar refractivity (Wildman–Crippen MR) is 71.4 cm³/mol. The number of hydrogen-bond donors (Lipinski definition) is 0. The van der Waals surface area contributed by atoms with E-state index in [4.69, 9.17) is 14.2 Å². The number of benzene rings is 2. The molecule has 0 spiro atoms. The molecule has 0 heterocycles. The molecule has 4 heteroatoms. The van der Waals surface area contributed by atoms with E-state index in [1.165, 1.54) is 0 Å². The second-order valence-corrected chi connectivity index (χ2v) is 3.84. The molecule has 2 aromatic carbocycles. The van der Waals surface area contributed by atoms with Crippen LogP contribution < -0.4 is 14.2 Å². The molecule has 2 rings (SSSR count). The summed E-state index contributed by atoms with van der Waals surface area (Å²) in [5.74, 6) is 2.55. The van der Waals surface area contributed by atoms with Crippen molar-refractivity contribution in [1.82, 2.24) is 0 Å². The van der Waals surface area contributed by atoms with Gasteiger partial charge in [0.05, 0.1) is 14.2 Å². The minimum atomic E-state index is 0.607. The summed E-state index contributed by atoms with van der Waals surface area (Å²) in [7, 11) is 3.16. The zero-order chi connectivity index (χ0) is 13.7. The first-order valence-corrected chi connectivity index (χ1v) is 5.71. The normalized spacial score (nSPS) is 9.79. The third-order valence-electron chi connectivity index (χ3n) is 2.58. The molecule has 0 radical (unpaired) electrons. The van der Waals surface area contributed by atoms with Crippen molar-refractivity contribution in [2.75, 3.05) is 14.2 Å². The Morgan fingerprint density at radius 1 is 0.789 bits per heavy atom. The summed E-state index contributed by atoms with van der Waals surface area (Å²) in [6.07, 6.45) is 0.790. The van der Waals surface area contributed by atoms with Crippen molar-refractivity contribution in [2.45, 2.75) is 0 Å². The third kappa shape index (κ3) is 3.25. The Bertz CT molecular complexity index is 539. The van der Waals surface area contributed by atoms with Crippen molar-refractivity contribution in [2.24, 2.45) is 0 Å². The zero-order valence-electron chi connectivity index (χ0n) is 10.8. The standard InChI is InChI=1S/C15H14O4/c1-17-13-7-14(18-2)9-15(8-13)19-12-5-3-11(10-16)4-6-12/h3-10H,1-2H3. The van der Waals surface area contributed by atoms with E-state index in [1.807, 2.05) is 0 Å². The lowest BCUT2D eigenvalue weighted by Gasteiger charge is -2.10. The number of methoxy groups -OCH3 is 2. The van der Waals surface area contributed by atoms with Gasteiger partial charge in [-0.05, 0) is 24.3 Å². The Labute approximate surface area is 111 Å². The minimum absolute atomic E-state index is 0.607. The molecule has 98 valence electrons. The van der Waals surface area contributed by atoms with Crippen molar-refractivity contribution in [3.8, 4) is 23.0 Å². The van der Waals surface area contributed by atoms with Crippen LogP contribution in [-0.2, 0) is 0 Å². The van der Waals surface area contributed by atoms with Gasteiger partial charge in [-0.2, -0.15) is 0 Å². The van der Waals surface area contributed by atoms with Gasteiger partial charge in [0.1, 0.15) is 29.3 Å². The Kier molecular flexibility index (Phi) is 4.03. The molecule has 0 aliphatic heterocycles. The fourth-order valence-electron chi connectivity index (χ4n) is 1.59. The molecule has 0 saturated heterocycles. The topological polar surface area (TPSA) is 44.8 Å². The Balaban J connectivity index is 2.23. The fourth-order valence-corrected chi connectivity index (χ4v) is 1.59. The first-order chi connectivity index (χ1) is 9.25. The van der Waals surface area contributed by atoms with E-state index in [0.717, 1.165) is 6.29 Å². The Hall–Kier alpha value is -2.49. The van der Waals surface area contributed by atoms with Gasteiger partial charge in [0, 0.05) is 23.8 Å². The molecule has 0 aliphatic rings. The van der Waals surface area contributed by atoms with Gasteiger partial charge in [-0.1, -0.05) is 0 Å². The lowest BCUT2D eigenvalue weighted by Crippen LogP contribution is -1.90. The summed E-state index contributed by atoms with van der Waals surface area (Å²) in [6.45, 7) is 0. The van der Waals surface area contributed by atoms with Gasteiger partial charge in [0.15, 0.2) is 0 Å². The van der Waals surface area contributed by atoms with Gasteiger partial charge >= 0.3 is 0 Å². The van der Waals surface area contributed by atoms with Gasteiger partial charge in [-0.3, -0.25) is 4.79 Å². The van der Waals surface area contributed by atoms with Crippen LogP contribution in [0.25, 0.3) is 0 Å². The van der Waals surface area contributed by atoms with E-state index in [0.29, 0.717) is 28.6 Å². The van der Waals surface area contributed by atoms with E-state index >= 15 is 0 Å². The van der Waals surface area contributed by atoms with Crippen molar-refractivity contribution in [3.63, 3.8) is 0 Å². The van der Waals surface area contributed by atoms with Crippen LogP contribution in [0.3, 0.4) is 0 Å². The average Bonchev–Trinajstić information content (AvgIpc) is 2.47.